The molecule has 130 valence electrons. The Kier molecular flexibility index (Phi) is 8.92. The summed E-state index contributed by atoms with van der Waals surface area (Å²) >= 11 is 0. The molecule has 1 N–H and O–H groups in total. The maximum atomic E-state index is 12.5. The first kappa shape index (κ1) is 20.2. The molecule has 2 saturated heterocycles. The van der Waals surface area contributed by atoms with Crippen LogP contribution in [0.3, 0.4) is 0 Å². The van der Waals surface area contributed by atoms with Crippen LogP contribution in [-0.4, -0.2) is 55.0 Å². The minimum absolute atomic E-state index is 0. The van der Waals surface area contributed by atoms with Gasteiger partial charge in [-0.15, -0.1) is 24.8 Å². The molecule has 3 rings (SSSR count). The summed E-state index contributed by atoms with van der Waals surface area (Å²) in [6.45, 7) is 6.71. The molecule has 2 aliphatic heterocycles. The van der Waals surface area contributed by atoms with Crippen LogP contribution >= 0.6 is 24.8 Å². The molecular formula is C17H27Cl2N3O. The number of nitrogens with zero attached hydrogens (tertiary/aromatic N) is 2. The molecule has 0 radical (unpaired) electrons. The first-order valence-corrected chi connectivity index (χ1v) is 8.09. The summed E-state index contributed by atoms with van der Waals surface area (Å²) in [7, 11) is 0. The lowest BCUT2D eigenvalue weighted by atomic mass is 10.1. The number of amides is 1. The highest BCUT2D eigenvalue weighted by atomic mass is 35.5. The summed E-state index contributed by atoms with van der Waals surface area (Å²) < 4.78 is 0. The van der Waals surface area contributed by atoms with Crippen molar-refractivity contribution in [2.45, 2.75) is 19.4 Å². The average molecular weight is 360 g/mol. The number of benzene rings is 1. The van der Waals surface area contributed by atoms with Crippen molar-refractivity contribution in [1.82, 2.24) is 15.1 Å². The maximum Gasteiger partial charge on any atom is 0.227 e. The van der Waals surface area contributed by atoms with Crippen LogP contribution in [0.2, 0.25) is 0 Å². The van der Waals surface area contributed by atoms with Gasteiger partial charge < -0.3 is 10.2 Å². The fraction of sp³-hybridized carbons (Fsp3) is 0.588. The smallest absolute Gasteiger partial charge is 0.227 e. The van der Waals surface area contributed by atoms with Crippen molar-refractivity contribution < 1.29 is 4.79 Å². The lowest BCUT2D eigenvalue weighted by Crippen LogP contribution is -2.39. The van der Waals surface area contributed by atoms with E-state index in [1.165, 1.54) is 5.56 Å². The van der Waals surface area contributed by atoms with Gasteiger partial charge in [0.05, 0.1) is 5.92 Å². The van der Waals surface area contributed by atoms with E-state index in [0.717, 1.165) is 58.7 Å². The molecule has 4 nitrogen and oxygen atoms in total. The van der Waals surface area contributed by atoms with Crippen LogP contribution in [-0.2, 0) is 11.3 Å². The van der Waals surface area contributed by atoms with Crippen molar-refractivity contribution in [3.05, 3.63) is 35.9 Å². The predicted molar refractivity (Wildman–Crippen MR) is 98.4 cm³/mol. The van der Waals surface area contributed by atoms with Crippen molar-refractivity contribution >= 4 is 30.7 Å². The van der Waals surface area contributed by atoms with Gasteiger partial charge >= 0.3 is 0 Å². The molecule has 0 aliphatic carbocycles. The lowest BCUT2D eigenvalue weighted by Gasteiger charge is -2.24. The number of hydrogen-bond donors (Lipinski definition) is 1. The first-order valence-electron chi connectivity index (χ1n) is 8.09. The van der Waals surface area contributed by atoms with Gasteiger partial charge in [-0.2, -0.15) is 0 Å². The molecule has 1 aromatic rings. The van der Waals surface area contributed by atoms with Gasteiger partial charge in [0, 0.05) is 39.3 Å². The Morgan fingerprint density at radius 1 is 1.09 bits per heavy atom. The molecule has 0 saturated carbocycles. The standard InChI is InChI=1S/C17H25N3O.2ClH/c21-17(16-7-8-18-13-16)20-10-4-9-19(11-12-20)14-15-5-2-1-3-6-15;;/h1-3,5-6,16,18H,4,7-14H2;2*1H. The van der Waals surface area contributed by atoms with E-state index in [9.17, 15) is 4.79 Å². The zero-order valence-electron chi connectivity index (χ0n) is 13.4. The van der Waals surface area contributed by atoms with E-state index in [-0.39, 0.29) is 30.7 Å². The van der Waals surface area contributed by atoms with E-state index in [0.29, 0.717) is 5.91 Å². The van der Waals surface area contributed by atoms with Gasteiger partial charge in [0.25, 0.3) is 0 Å². The van der Waals surface area contributed by atoms with Crippen LogP contribution in [0.5, 0.6) is 0 Å². The zero-order valence-corrected chi connectivity index (χ0v) is 15.1. The SMILES string of the molecule is Cl.Cl.O=C(C1CCNC1)N1CCCN(Cc2ccccc2)CC1. The van der Waals surface area contributed by atoms with Gasteiger partial charge in [0.15, 0.2) is 0 Å². The van der Waals surface area contributed by atoms with Crippen molar-refractivity contribution in [3.8, 4) is 0 Å². The van der Waals surface area contributed by atoms with E-state index in [1.54, 1.807) is 0 Å². The summed E-state index contributed by atoms with van der Waals surface area (Å²) in [4.78, 5) is 17.0. The Morgan fingerprint density at radius 2 is 1.87 bits per heavy atom. The summed E-state index contributed by atoms with van der Waals surface area (Å²) in [6, 6.07) is 10.6. The summed E-state index contributed by atoms with van der Waals surface area (Å²) in [5, 5.41) is 3.29. The second-order valence-corrected chi connectivity index (χ2v) is 6.13. The minimum atomic E-state index is 0. The van der Waals surface area contributed by atoms with Crippen molar-refractivity contribution in [1.29, 1.82) is 0 Å². The van der Waals surface area contributed by atoms with Crippen molar-refractivity contribution in [2.75, 3.05) is 39.3 Å². The number of rotatable bonds is 3. The molecule has 1 unspecified atom stereocenters. The van der Waals surface area contributed by atoms with Gasteiger partial charge in [-0.3, -0.25) is 9.69 Å². The highest BCUT2D eigenvalue weighted by Crippen LogP contribution is 2.15. The largest absolute Gasteiger partial charge is 0.341 e. The average Bonchev–Trinajstić information content (AvgIpc) is 2.95. The normalized spacial score (nSPS) is 21.9. The fourth-order valence-corrected chi connectivity index (χ4v) is 3.31. The maximum absolute atomic E-state index is 12.5. The number of carbonyl (C=O) groups excluding carboxylic acids is 1. The van der Waals surface area contributed by atoms with E-state index >= 15 is 0 Å². The predicted octanol–water partition coefficient (Wildman–Crippen LogP) is 2.17. The lowest BCUT2D eigenvalue weighted by molar-refractivity contribution is -0.134. The number of carbonyl (C=O) groups is 1. The highest BCUT2D eigenvalue weighted by molar-refractivity contribution is 5.85. The molecule has 2 aliphatic rings. The molecule has 1 atom stereocenters. The van der Waals surface area contributed by atoms with E-state index < -0.39 is 0 Å². The Labute approximate surface area is 151 Å². The molecule has 1 aromatic carbocycles. The van der Waals surface area contributed by atoms with Crippen LogP contribution in [0.25, 0.3) is 0 Å². The van der Waals surface area contributed by atoms with Crippen LogP contribution in [0.4, 0.5) is 0 Å². The number of nitrogens with one attached hydrogen (secondary N) is 1. The summed E-state index contributed by atoms with van der Waals surface area (Å²) in [5.41, 5.74) is 1.36. The number of halogens is 2. The Morgan fingerprint density at radius 3 is 2.57 bits per heavy atom. The second-order valence-electron chi connectivity index (χ2n) is 6.13. The molecule has 23 heavy (non-hydrogen) atoms. The molecule has 0 bridgehead atoms. The third-order valence-electron chi connectivity index (χ3n) is 4.56. The number of hydrogen-bond acceptors (Lipinski definition) is 3. The van der Waals surface area contributed by atoms with Gasteiger partial charge in [0.2, 0.25) is 5.91 Å². The van der Waals surface area contributed by atoms with E-state index in [2.05, 4.69) is 45.4 Å². The van der Waals surface area contributed by atoms with Crippen LogP contribution in [0.15, 0.2) is 30.3 Å². The van der Waals surface area contributed by atoms with E-state index in [1.807, 2.05) is 0 Å². The van der Waals surface area contributed by atoms with Crippen molar-refractivity contribution in [3.63, 3.8) is 0 Å². The molecule has 0 aromatic heterocycles. The van der Waals surface area contributed by atoms with Crippen LogP contribution < -0.4 is 5.32 Å². The first-order chi connectivity index (χ1) is 10.3. The Balaban J connectivity index is 0.00000132. The molecule has 1 amide bonds. The minimum Gasteiger partial charge on any atom is -0.341 e. The molecule has 6 heteroatoms. The quantitative estimate of drug-likeness (QED) is 0.898. The fourth-order valence-electron chi connectivity index (χ4n) is 3.31. The van der Waals surface area contributed by atoms with Gasteiger partial charge in [-0.1, -0.05) is 30.3 Å². The van der Waals surface area contributed by atoms with E-state index in [4.69, 9.17) is 0 Å². The second kappa shape index (κ2) is 10.1. The zero-order chi connectivity index (χ0) is 14.5. The van der Waals surface area contributed by atoms with Crippen LogP contribution in [0.1, 0.15) is 18.4 Å². The van der Waals surface area contributed by atoms with Crippen LogP contribution in [0, 0.1) is 5.92 Å². The van der Waals surface area contributed by atoms with Crippen molar-refractivity contribution in [2.24, 2.45) is 5.92 Å². The highest BCUT2D eigenvalue weighted by Gasteiger charge is 2.28. The molecular weight excluding hydrogens is 333 g/mol. The van der Waals surface area contributed by atoms with Gasteiger partial charge in [0.1, 0.15) is 0 Å². The monoisotopic (exact) mass is 359 g/mol. The topological polar surface area (TPSA) is 35.6 Å². The summed E-state index contributed by atoms with van der Waals surface area (Å²) in [6.07, 6.45) is 2.09. The molecule has 2 fully saturated rings. The Hall–Kier alpha value is -0.810. The Bertz CT molecular complexity index is 466. The molecule has 2 heterocycles. The third kappa shape index (κ3) is 5.64. The van der Waals surface area contributed by atoms with Gasteiger partial charge in [-0.25, -0.2) is 0 Å². The van der Waals surface area contributed by atoms with Gasteiger partial charge in [-0.05, 0) is 24.9 Å². The molecule has 0 spiro atoms. The summed E-state index contributed by atoms with van der Waals surface area (Å²) in [5.74, 6) is 0.576. The third-order valence-corrected chi connectivity index (χ3v) is 4.56.